The number of hydrogen-bond donors (Lipinski definition) is 0. The lowest BCUT2D eigenvalue weighted by molar-refractivity contribution is -0.923. The summed E-state index contributed by atoms with van der Waals surface area (Å²) in [7, 11) is 2.39. The molecule has 3 heterocycles. The number of nitrogens with zero attached hydrogens (tertiary/aromatic N) is 3. The second-order valence-electron chi connectivity index (χ2n) is 9.67. The number of amides is 1. The molecule has 3 aromatic rings. The molecule has 7 heteroatoms. The van der Waals surface area contributed by atoms with Gasteiger partial charge in [0.25, 0.3) is 5.91 Å². The predicted octanol–water partition coefficient (Wildman–Crippen LogP) is 2.53. The maximum atomic E-state index is 13.2. The number of likely N-dealkylation sites (tertiary alicyclic amines) is 2. The zero-order valence-electron chi connectivity index (χ0n) is 20.0. The minimum atomic E-state index is -0.294. The first kappa shape index (κ1) is 25.1. The monoisotopic (exact) mass is 495 g/mol. The third-order valence-corrected chi connectivity index (χ3v) is 7.44. The van der Waals surface area contributed by atoms with Crippen molar-refractivity contribution in [3.63, 3.8) is 0 Å². The van der Waals surface area contributed by atoms with Gasteiger partial charge in [-0.3, -0.25) is 9.78 Å². The molecule has 0 aliphatic carbocycles. The lowest BCUT2D eigenvalue weighted by atomic mass is 10.0. The number of hydrogen-bond acceptors (Lipinski definition) is 3. The Balaban J connectivity index is 0.00000289. The van der Waals surface area contributed by atoms with Gasteiger partial charge in [-0.2, -0.15) is 0 Å². The average Bonchev–Trinajstić information content (AvgIpc) is 3.33. The Kier molecular flexibility index (Phi) is 7.72. The number of ether oxygens (including phenoxy) is 1. The van der Waals surface area contributed by atoms with Crippen LogP contribution in [0.25, 0.3) is 11.1 Å². The number of aromatic nitrogens is 1. The molecule has 0 spiro atoms. The van der Waals surface area contributed by atoms with Crippen LogP contribution >= 0.6 is 0 Å². The third kappa shape index (κ3) is 5.65. The van der Waals surface area contributed by atoms with Gasteiger partial charge in [0.05, 0.1) is 26.2 Å². The molecule has 0 bridgehead atoms. The minimum absolute atomic E-state index is 0. The number of halogens is 2. The number of piperidine rings is 1. The zero-order valence-corrected chi connectivity index (χ0v) is 20.8. The highest BCUT2D eigenvalue weighted by Crippen LogP contribution is 2.29. The summed E-state index contributed by atoms with van der Waals surface area (Å²) in [4.78, 5) is 19.5. The lowest BCUT2D eigenvalue weighted by Crippen LogP contribution is -3.00. The fourth-order valence-electron chi connectivity index (χ4n) is 5.36. The van der Waals surface area contributed by atoms with E-state index in [1.807, 2.05) is 41.3 Å². The molecular weight excluding hydrogens is 465 g/mol. The molecule has 2 aromatic carbocycles. The van der Waals surface area contributed by atoms with Gasteiger partial charge in [-0.25, -0.2) is 4.39 Å². The van der Waals surface area contributed by atoms with Gasteiger partial charge in [-0.05, 0) is 59.7 Å². The number of pyridine rings is 1. The van der Waals surface area contributed by atoms with Crippen molar-refractivity contribution < 1.29 is 30.8 Å². The van der Waals surface area contributed by atoms with Crippen molar-refractivity contribution in [1.29, 1.82) is 0 Å². The van der Waals surface area contributed by atoms with Crippen molar-refractivity contribution in [3.8, 4) is 22.6 Å². The van der Waals surface area contributed by atoms with Crippen molar-refractivity contribution in [3.05, 3.63) is 78.4 Å². The molecule has 0 N–H and O–H groups in total. The van der Waals surface area contributed by atoms with Gasteiger partial charge >= 0.3 is 0 Å². The van der Waals surface area contributed by atoms with E-state index >= 15 is 0 Å². The molecule has 35 heavy (non-hydrogen) atoms. The molecule has 2 saturated heterocycles. The van der Waals surface area contributed by atoms with E-state index in [0.29, 0.717) is 23.2 Å². The SMILES string of the molecule is C[N+]1(C2CCN(C(=O)c3cc(-c4ccc(Oc5ccc(F)cc5)cc4)ccn3)CC2)CCCC1.[Cl-]. The highest BCUT2D eigenvalue weighted by Gasteiger charge is 2.38. The second-order valence-corrected chi connectivity index (χ2v) is 9.67. The smallest absolute Gasteiger partial charge is 0.272 e. The van der Waals surface area contributed by atoms with Crippen LogP contribution in [-0.2, 0) is 0 Å². The topological polar surface area (TPSA) is 42.4 Å². The first-order chi connectivity index (χ1) is 16.5. The Morgan fingerprint density at radius 1 is 0.943 bits per heavy atom. The number of benzene rings is 2. The number of carbonyl (C=O) groups is 1. The predicted molar refractivity (Wildman–Crippen MR) is 130 cm³/mol. The summed E-state index contributed by atoms with van der Waals surface area (Å²) in [5.74, 6) is 0.964. The molecular formula is C28H31ClFN3O2. The van der Waals surface area contributed by atoms with E-state index in [0.717, 1.165) is 37.1 Å². The van der Waals surface area contributed by atoms with Crippen LogP contribution in [0.15, 0.2) is 66.9 Å². The van der Waals surface area contributed by atoms with Crippen LogP contribution in [0, 0.1) is 5.82 Å². The Hall–Kier alpha value is -2.96. The molecule has 1 amide bonds. The quantitative estimate of drug-likeness (QED) is 0.511. The number of quaternary nitrogens is 1. The molecule has 2 fully saturated rings. The van der Waals surface area contributed by atoms with Crippen LogP contribution in [0.3, 0.4) is 0 Å². The molecule has 2 aliphatic rings. The van der Waals surface area contributed by atoms with Crippen LogP contribution in [0.4, 0.5) is 4.39 Å². The van der Waals surface area contributed by atoms with E-state index in [-0.39, 0.29) is 24.1 Å². The summed E-state index contributed by atoms with van der Waals surface area (Å²) in [5, 5.41) is 0. The summed E-state index contributed by atoms with van der Waals surface area (Å²) >= 11 is 0. The fraction of sp³-hybridized carbons (Fsp3) is 0.357. The molecule has 1 aromatic heterocycles. The molecule has 5 rings (SSSR count). The van der Waals surface area contributed by atoms with E-state index < -0.39 is 0 Å². The van der Waals surface area contributed by atoms with Crippen molar-refractivity contribution in [1.82, 2.24) is 9.88 Å². The Morgan fingerprint density at radius 2 is 1.54 bits per heavy atom. The Bertz CT molecular complexity index is 1140. The van der Waals surface area contributed by atoms with E-state index in [9.17, 15) is 9.18 Å². The number of rotatable bonds is 5. The van der Waals surface area contributed by atoms with Gasteiger partial charge in [-0.1, -0.05) is 12.1 Å². The minimum Gasteiger partial charge on any atom is -1.00 e. The maximum Gasteiger partial charge on any atom is 0.272 e. The molecule has 184 valence electrons. The van der Waals surface area contributed by atoms with E-state index in [4.69, 9.17) is 4.74 Å². The molecule has 0 saturated carbocycles. The van der Waals surface area contributed by atoms with Crippen LogP contribution in [-0.4, -0.2) is 59.5 Å². The Labute approximate surface area is 212 Å². The van der Waals surface area contributed by atoms with Crippen molar-refractivity contribution in [2.24, 2.45) is 0 Å². The van der Waals surface area contributed by atoms with Gasteiger partial charge in [0.15, 0.2) is 0 Å². The van der Waals surface area contributed by atoms with Gasteiger partial charge in [0, 0.05) is 45.0 Å². The maximum absolute atomic E-state index is 13.2. The van der Waals surface area contributed by atoms with Gasteiger partial charge < -0.3 is 26.5 Å². The normalized spacial score (nSPS) is 17.6. The lowest BCUT2D eigenvalue weighted by Gasteiger charge is -2.42. The first-order valence-corrected chi connectivity index (χ1v) is 12.1. The van der Waals surface area contributed by atoms with Crippen LogP contribution in [0.5, 0.6) is 11.5 Å². The van der Waals surface area contributed by atoms with Crippen molar-refractivity contribution in [2.75, 3.05) is 33.2 Å². The summed E-state index contributed by atoms with van der Waals surface area (Å²) in [6.45, 7) is 4.16. The molecule has 0 atom stereocenters. The van der Waals surface area contributed by atoms with Crippen LogP contribution < -0.4 is 17.1 Å². The zero-order chi connectivity index (χ0) is 23.5. The number of carbonyl (C=O) groups excluding carboxylic acids is 1. The summed E-state index contributed by atoms with van der Waals surface area (Å²) in [6, 6.07) is 18.0. The highest BCUT2D eigenvalue weighted by atomic mass is 35.5. The van der Waals surface area contributed by atoms with Gasteiger partial charge in [0.1, 0.15) is 23.0 Å². The summed E-state index contributed by atoms with van der Waals surface area (Å²) in [5.41, 5.74) is 2.41. The van der Waals surface area contributed by atoms with Gasteiger partial charge in [-0.15, -0.1) is 0 Å². The van der Waals surface area contributed by atoms with Crippen molar-refractivity contribution in [2.45, 2.75) is 31.7 Å². The third-order valence-electron chi connectivity index (χ3n) is 7.44. The molecule has 0 radical (unpaired) electrons. The largest absolute Gasteiger partial charge is 1.00 e. The first-order valence-electron chi connectivity index (χ1n) is 12.1. The molecule has 5 nitrogen and oxygen atoms in total. The Morgan fingerprint density at radius 3 is 2.17 bits per heavy atom. The summed E-state index contributed by atoms with van der Waals surface area (Å²) < 4.78 is 20.0. The fourth-order valence-corrected chi connectivity index (χ4v) is 5.36. The van der Waals surface area contributed by atoms with E-state index in [1.54, 1.807) is 18.3 Å². The van der Waals surface area contributed by atoms with Crippen LogP contribution in [0.2, 0.25) is 0 Å². The van der Waals surface area contributed by atoms with Crippen LogP contribution in [0.1, 0.15) is 36.2 Å². The van der Waals surface area contributed by atoms with Crippen molar-refractivity contribution >= 4 is 5.91 Å². The van der Waals surface area contributed by atoms with E-state index in [2.05, 4.69) is 12.0 Å². The molecule has 2 aliphatic heterocycles. The average molecular weight is 496 g/mol. The van der Waals surface area contributed by atoms with E-state index in [1.165, 1.54) is 42.5 Å². The standard InChI is InChI=1S/C28H31FN3O2.ClH/c1-32(18-2-3-19-32)24-13-16-31(17-14-24)28(33)27-20-22(12-15-30-27)21-4-8-25(9-5-21)34-26-10-6-23(29)7-11-26;/h4-12,15,20,24H,2-3,13-14,16-19H2,1H3;1H/q+1;/p-1. The summed E-state index contributed by atoms with van der Waals surface area (Å²) in [6.07, 6.45) is 6.49. The molecule has 0 unspecified atom stereocenters. The highest BCUT2D eigenvalue weighted by molar-refractivity contribution is 5.93. The second kappa shape index (κ2) is 10.8. The van der Waals surface area contributed by atoms with Gasteiger partial charge in [0.2, 0.25) is 0 Å².